The number of carbonyl (C=O) groups is 3. The number of carbonyl (C=O) groups excluding carboxylic acids is 3. The number of nitrogens with zero attached hydrogens (tertiary/aromatic N) is 1. The predicted octanol–water partition coefficient (Wildman–Crippen LogP) is 3.63. The van der Waals surface area contributed by atoms with Gasteiger partial charge in [-0.25, -0.2) is 4.79 Å². The highest BCUT2D eigenvalue weighted by molar-refractivity contribution is 6.05. The van der Waals surface area contributed by atoms with Crippen LogP contribution in [0.5, 0.6) is 0 Å². The Morgan fingerprint density at radius 2 is 1.85 bits per heavy atom. The highest BCUT2D eigenvalue weighted by atomic mass is 16.5. The largest absolute Gasteiger partial charge is 0.450 e. The molecule has 0 atom stereocenters. The molecule has 0 aromatic heterocycles. The van der Waals surface area contributed by atoms with E-state index < -0.39 is 6.09 Å². The molecule has 7 heteroatoms. The second-order valence-corrected chi connectivity index (χ2v) is 6.08. The molecule has 1 aliphatic rings. The number of ether oxygens (including phenoxy) is 1. The standard InChI is InChI=1S/C20H21N3O4/c1-2-27-20(26)22-16-6-3-5-14(13-16)19(25)21-15-8-10-17(11-9-15)23-12-4-7-18(23)24/h3,5-6,8-11,13H,2,4,7,12H2,1H3,(H,21,25)(H,22,26). The molecule has 0 bridgehead atoms. The first-order valence-electron chi connectivity index (χ1n) is 8.82. The van der Waals surface area contributed by atoms with E-state index in [0.29, 0.717) is 23.4 Å². The highest BCUT2D eigenvalue weighted by Gasteiger charge is 2.21. The molecule has 1 aliphatic heterocycles. The van der Waals surface area contributed by atoms with E-state index in [4.69, 9.17) is 4.74 Å². The minimum Gasteiger partial charge on any atom is -0.450 e. The van der Waals surface area contributed by atoms with E-state index in [9.17, 15) is 14.4 Å². The van der Waals surface area contributed by atoms with Gasteiger partial charge in [0.2, 0.25) is 5.91 Å². The molecule has 0 unspecified atom stereocenters. The average molecular weight is 367 g/mol. The molecule has 0 aliphatic carbocycles. The summed E-state index contributed by atoms with van der Waals surface area (Å²) in [4.78, 5) is 37.5. The Hall–Kier alpha value is -3.35. The lowest BCUT2D eigenvalue weighted by molar-refractivity contribution is -0.117. The second kappa shape index (κ2) is 8.35. The summed E-state index contributed by atoms with van der Waals surface area (Å²) in [7, 11) is 0. The molecule has 7 nitrogen and oxygen atoms in total. The van der Waals surface area contributed by atoms with Gasteiger partial charge in [-0.05, 0) is 55.8 Å². The topological polar surface area (TPSA) is 87.7 Å². The maximum atomic E-state index is 12.5. The summed E-state index contributed by atoms with van der Waals surface area (Å²) in [6, 6.07) is 13.7. The number of hydrogen-bond acceptors (Lipinski definition) is 4. The van der Waals surface area contributed by atoms with Crippen LogP contribution in [0.4, 0.5) is 21.9 Å². The molecule has 27 heavy (non-hydrogen) atoms. The van der Waals surface area contributed by atoms with Crippen molar-refractivity contribution in [3.05, 3.63) is 54.1 Å². The Balaban J connectivity index is 1.65. The van der Waals surface area contributed by atoms with Gasteiger partial charge in [0, 0.05) is 35.6 Å². The number of hydrogen-bond donors (Lipinski definition) is 2. The lowest BCUT2D eigenvalue weighted by Crippen LogP contribution is -2.23. The molecule has 1 heterocycles. The predicted molar refractivity (Wildman–Crippen MR) is 103 cm³/mol. The summed E-state index contributed by atoms with van der Waals surface area (Å²) in [5.41, 5.74) is 2.34. The molecule has 0 radical (unpaired) electrons. The van der Waals surface area contributed by atoms with E-state index in [-0.39, 0.29) is 18.4 Å². The monoisotopic (exact) mass is 367 g/mol. The zero-order chi connectivity index (χ0) is 19.2. The van der Waals surface area contributed by atoms with Gasteiger partial charge in [0.15, 0.2) is 0 Å². The van der Waals surface area contributed by atoms with Gasteiger partial charge in [0.25, 0.3) is 5.91 Å². The van der Waals surface area contributed by atoms with Crippen LogP contribution < -0.4 is 15.5 Å². The van der Waals surface area contributed by atoms with E-state index in [2.05, 4.69) is 10.6 Å². The minimum atomic E-state index is -0.567. The number of amides is 3. The lowest BCUT2D eigenvalue weighted by atomic mass is 10.1. The van der Waals surface area contributed by atoms with Crippen molar-refractivity contribution in [2.24, 2.45) is 0 Å². The van der Waals surface area contributed by atoms with Crippen molar-refractivity contribution in [1.82, 2.24) is 0 Å². The summed E-state index contributed by atoms with van der Waals surface area (Å²) < 4.78 is 4.82. The molecule has 0 spiro atoms. The van der Waals surface area contributed by atoms with Gasteiger partial charge in [-0.3, -0.25) is 14.9 Å². The highest BCUT2D eigenvalue weighted by Crippen LogP contribution is 2.23. The summed E-state index contributed by atoms with van der Waals surface area (Å²) in [6.45, 7) is 2.71. The Kier molecular flexibility index (Phi) is 5.71. The fraction of sp³-hybridized carbons (Fsp3) is 0.250. The third-order valence-electron chi connectivity index (χ3n) is 4.16. The van der Waals surface area contributed by atoms with Gasteiger partial charge < -0.3 is 15.0 Å². The molecule has 3 amide bonds. The molecule has 2 aromatic rings. The van der Waals surface area contributed by atoms with Crippen LogP contribution in [-0.2, 0) is 9.53 Å². The first-order chi connectivity index (χ1) is 13.1. The number of nitrogens with one attached hydrogen (secondary N) is 2. The maximum Gasteiger partial charge on any atom is 0.411 e. The van der Waals surface area contributed by atoms with E-state index in [1.165, 1.54) is 0 Å². The van der Waals surface area contributed by atoms with Crippen LogP contribution in [0.3, 0.4) is 0 Å². The normalized spacial score (nSPS) is 13.4. The molecule has 0 saturated carbocycles. The first kappa shape index (κ1) is 18.4. The van der Waals surface area contributed by atoms with Gasteiger partial charge in [0.05, 0.1) is 6.61 Å². The lowest BCUT2D eigenvalue weighted by Gasteiger charge is -2.16. The van der Waals surface area contributed by atoms with E-state index in [1.807, 2.05) is 12.1 Å². The van der Waals surface area contributed by atoms with E-state index in [1.54, 1.807) is 48.2 Å². The number of benzene rings is 2. The van der Waals surface area contributed by atoms with Crippen molar-refractivity contribution >= 4 is 35.0 Å². The van der Waals surface area contributed by atoms with Crippen molar-refractivity contribution < 1.29 is 19.1 Å². The summed E-state index contributed by atoms with van der Waals surface area (Å²) in [6.07, 6.45) is 0.879. The van der Waals surface area contributed by atoms with Crippen molar-refractivity contribution in [2.45, 2.75) is 19.8 Å². The molecule has 2 aromatic carbocycles. The minimum absolute atomic E-state index is 0.123. The Morgan fingerprint density at radius 1 is 1.07 bits per heavy atom. The first-order valence-corrected chi connectivity index (χ1v) is 8.82. The van der Waals surface area contributed by atoms with Crippen molar-refractivity contribution in [1.29, 1.82) is 0 Å². The zero-order valence-electron chi connectivity index (χ0n) is 15.0. The average Bonchev–Trinajstić information content (AvgIpc) is 3.09. The van der Waals surface area contributed by atoms with Crippen molar-refractivity contribution in [3.8, 4) is 0 Å². The van der Waals surface area contributed by atoms with Gasteiger partial charge >= 0.3 is 6.09 Å². The van der Waals surface area contributed by atoms with Gasteiger partial charge in [-0.2, -0.15) is 0 Å². The van der Waals surface area contributed by atoms with Gasteiger partial charge in [-0.1, -0.05) is 6.07 Å². The molecular formula is C20H21N3O4. The molecule has 140 valence electrons. The zero-order valence-corrected chi connectivity index (χ0v) is 15.0. The van der Waals surface area contributed by atoms with E-state index >= 15 is 0 Å². The van der Waals surface area contributed by atoms with Crippen molar-refractivity contribution in [2.75, 3.05) is 28.7 Å². The summed E-state index contributed by atoms with van der Waals surface area (Å²) in [5.74, 6) is -0.176. The van der Waals surface area contributed by atoms with Crippen LogP contribution in [0.2, 0.25) is 0 Å². The van der Waals surface area contributed by atoms with Crippen molar-refractivity contribution in [3.63, 3.8) is 0 Å². The van der Waals surface area contributed by atoms with Crippen LogP contribution in [-0.4, -0.2) is 31.1 Å². The van der Waals surface area contributed by atoms with Crippen LogP contribution >= 0.6 is 0 Å². The summed E-state index contributed by atoms with van der Waals surface area (Å²) >= 11 is 0. The van der Waals surface area contributed by atoms with Crippen LogP contribution in [0.25, 0.3) is 0 Å². The third-order valence-corrected chi connectivity index (χ3v) is 4.16. The molecule has 3 rings (SSSR count). The quantitative estimate of drug-likeness (QED) is 0.845. The van der Waals surface area contributed by atoms with E-state index in [0.717, 1.165) is 18.7 Å². The number of rotatable bonds is 5. The Morgan fingerprint density at radius 3 is 2.52 bits per heavy atom. The molecule has 1 saturated heterocycles. The molecule has 1 fully saturated rings. The number of anilines is 3. The Labute approximate surface area is 157 Å². The second-order valence-electron chi connectivity index (χ2n) is 6.08. The molecule has 2 N–H and O–H groups in total. The SMILES string of the molecule is CCOC(=O)Nc1cccc(C(=O)Nc2ccc(N3CCCC3=O)cc2)c1. The van der Waals surface area contributed by atoms with Crippen LogP contribution in [0, 0.1) is 0 Å². The third kappa shape index (κ3) is 4.63. The maximum absolute atomic E-state index is 12.5. The van der Waals surface area contributed by atoms with Gasteiger partial charge in [-0.15, -0.1) is 0 Å². The molecular weight excluding hydrogens is 346 g/mol. The smallest absolute Gasteiger partial charge is 0.411 e. The van der Waals surface area contributed by atoms with Crippen LogP contribution in [0.1, 0.15) is 30.1 Å². The van der Waals surface area contributed by atoms with Crippen LogP contribution in [0.15, 0.2) is 48.5 Å². The van der Waals surface area contributed by atoms with Gasteiger partial charge in [0.1, 0.15) is 0 Å². The fourth-order valence-corrected chi connectivity index (χ4v) is 2.87. The summed E-state index contributed by atoms with van der Waals surface area (Å²) in [5, 5.41) is 5.37. The fourth-order valence-electron chi connectivity index (χ4n) is 2.87. The Bertz CT molecular complexity index is 849.